The number of benzene rings is 1. The number of amides is 3. The fourth-order valence-corrected chi connectivity index (χ4v) is 5.52. The zero-order chi connectivity index (χ0) is 25.2. The van der Waals surface area contributed by atoms with Crippen LogP contribution in [0.1, 0.15) is 27.7 Å². The Bertz CT molecular complexity index is 1240. The Morgan fingerprint density at radius 3 is 2.51 bits per heavy atom. The summed E-state index contributed by atoms with van der Waals surface area (Å²) in [6.07, 6.45) is 6.53. The Morgan fingerprint density at radius 2 is 1.86 bits per heavy atom. The number of rotatable bonds is 4. The molecule has 2 N–H and O–H groups in total. The van der Waals surface area contributed by atoms with E-state index in [1.165, 1.54) is 29.3 Å². The van der Waals surface area contributed by atoms with Crippen molar-refractivity contribution in [1.82, 2.24) is 10.3 Å². The molecule has 2 aromatic rings. The topological polar surface area (TPSA) is 101 Å². The standard InChI is InChI=1S/C26H27FN4O4/c1-24(2,3)30-22(33)20-26-12-11-25(4,35-26)18(21(32)29-17-10-6-5-9-16(17)27)19(26)23(34)31(20)15-8-7-13-28-14-15/h5-14,18-20H,1-4H3,(H,29,32)(H,30,33)/t18-,19+,20-,25+,26+/m1/s1. The lowest BCUT2D eigenvalue weighted by Gasteiger charge is -2.34. The molecule has 4 heterocycles. The second-order valence-corrected chi connectivity index (χ2v) is 10.5. The van der Waals surface area contributed by atoms with Gasteiger partial charge >= 0.3 is 0 Å². The molecule has 9 heteroatoms. The zero-order valence-corrected chi connectivity index (χ0v) is 19.9. The number of aromatic nitrogens is 1. The minimum Gasteiger partial charge on any atom is -0.356 e. The lowest BCUT2D eigenvalue weighted by molar-refractivity contribution is -0.131. The number of pyridine rings is 1. The van der Waals surface area contributed by atoms with Crippen molar-refractivity contribution in [3.63, 3.8) is 0 Å². The van der Waals surface area contributed by atoms with Gasteiger partial charge in [0.25, 0.3) is 0 Å². The van der Waals surface area contributed by atoms with Crippen LogP contribution < -0.4 is 15.5 Å². The van der Waals surface area contributed by atoms with Crippen LogP contribution >= 0.6 is 0 Å². The van der Waals surface area contributed by atoms with Crippen LogP contribution in [0.2, 0.25) is 0 Å². The van der Waals surface area contributed by atoms with Crippen molar-refractivity contribution in [3.05, 3.63) is 66.8 Å². The van der Waals surface area contributed by atoms with Crippen molar-refractivity contribution in [2.45, 2.75) is 50.5 Å². The van der Waals surface area contributed by atoms with E-state index in [0.29, 0.717) is 5.69 Å². The van der Waals surface area contributed by atoms with Crippen molar-refractivity contribution < 1.29 is 23.5 Å². The molecule has 3 amide bonds. The SMILES string of the molecule is CC(C)(C)NC(=O)[C@H]1N(c2cccnc2)C(=O)[C@@H]2[C@H](C(=O)Nc3ccccc3F)[C@]3(C)C=C[C@]21O3. The number of carbonyl (C=O) groups is 3. The molecule has 0 radical (unpaired) electrons. The first-order valence-corrected chi connectivity index (χ1v) is 11.5. The molecule has 5 atom stereocenters. The molecule has 35 heavy (non-hydrogen) atoms. The van der Waals surface area contributed by atoms with Gasteiger partial charge in [0.05, 0.1) is 35.0 Å². The third kappa shape index (κ3) is 3.53. The lowest BCUT2D eigenvalue weighted by atomic mass is 9.70. The van der Waals surface area contributed by atoms with E-state index < -0.39 is 58.2 Å². The molecule has 1 aromatic carbocycles. The molecule has 2 fully saturated rings. The number of fused-ring (bicyclic) bond motifs is 1. The second kappa shape index (κ2) is 7.71. The second-order valence-electron chi connectivity index (χ2n) is 10.5. The molecule has 3 aliphatic rings. The molecule has 8 nitrogen and oxygen atoms in total. The van der Waals surface area contributed by atoms with Crippen molar-refractivity contribution >= 4 is 29.1 Å². The number of ether oxygens (including phenoxy) is 1. The monoisotopic (exact) mass is 478 g/mol. The van der Waals surface area contributed by atoms with Crippen LogP contribution in [-0.4, -0.2) is 45.5 Å². The average Bonchev–Trinajstić information content (AvgIpc) is 3.35. The predicted octanol–water partition coefficient (Wildman–Crippen LogP) is 2.82. The maximum atomic E-state index is 14.3. The summed E-state index contributed by atoms with van der Waals surface area (Å²) in [5.74, 6) is -3.93. The minimum absolute atomic E-state index is 0.0125. The third-order valence-electron chi connectivity index (χ3n) is 6.78. The summed E-state index contributed by atoms with van der Waals surface area (Å²) in [5, 5.41) is 5.58. The van der Waals surface area contributed by atoms with Gasteiger partial charge in [-0.05, 0) is 52.0 Å². The van der Waals surface area contributed by atoms with Gasteiger partial charge in [-0.3, -0.25) is 24.3 Å². The molecule has 0 unspecified atom stereocenters. The molecule has 1 aromatic heterocycles. The highest BCUT2D eigenvalue weighted by Gasteiger charge is 2.76. The van der Waals surface area contributed by atoms with Gasteiger partial charge in [-0.2, -0.15) is 0 Å². The summed E-state index contributed by atoms with van der Waals surface area (Å²) in [6.45, 7) is 7.25. The van der Waals surface area contributed by atoms with E-state index in [0.717, 1.165) is 0 Å². The molecule has 1 spiro atoms. The number of hydrogen-bond acceptors (Lipinski definition) is 5. The normalized spacial score (nSPS) is 30.9. The molecular weight excluding hydrogens is 451 g/mol. The first kappa shape index (κ1) is 23.2. The molecule has 2 bridgehead atoms. The Balaban J connectivity index is 1.59. The number of nitrogens with one attached hydrogen (secondary N) is 2. The van der Waals surface area contributed by atoms with E-state index in [-0.39, 0.29) is 5.69 Å². The molecule has 5 rings (SSSR count). The maximum Gasteiger partial charge on any atom is 0.246 e. The molecule has 2 saturated heterocycles. The Labute approximate surface area is 202 Å². The molecular formula is C26H27FN4O4. The fraction of sp³-hybridized carbons (Fsp3) is 0.385. The highest BCUT2D eigenvalue weighted by atomic mass is 19.1. The number of hydrogen-bond donors (Lipinski definition) is 2. The molecule has 0 aliphatic carbocycles. The van der Waals surface area contributed by atoms with Crippen molar-refractivity contribution in [2.75, 3.05) is 10.2 Å². The third-order valence-corrected chi connectivity index (χ3v) is 6.78. The smallest absolute Gasteiger partial charge is 0.246 e. The summed E-state index contributed by atoms with van der Waals surface area (Å²) in [7, 11) is 0. The summed E-state index contributed by atoms with van der Waals surface area (Å²) in [6, 6.07) is 8.12. The number of halogens is 1. The largest absolute Gasteiger partial charge is 0.356 e. The van der Waals surface area contributed by atoms with Gasteiger partial charge in [0.15, 0.2) is 0 Å². The van der Waals surface area contributed by atoms with E-state index in [2.05, 4.69) is 15.6 Å². The first-order valence-electron chi connectivity index (χ1n) is 11.5. The Kier molecular flexibility index (Phi) is 5.10. The van der Waals surface area contributed by atoms with Crippen molar-refractivity contribution in [3.8, 4) is 0 Å². The van der Waals surface area contributed by atoms with Crippen molar-refractivity contribution in [1.29, 1.82) is 0 Å². The number of anilines is 2. The zero-order valence-electron chi connectivity index (χ0n) is 19.9. The van der Waals surface area contributed by atoms with Gasteiger partial charge in [-0.15, -0.1) is 0 Å². The van der Waals surface area contributed by atoms with Gasteiger partial charge in [0.2, 0.25) is 17.7 Å². The van der Waals surface area contributed by atoms with E-state index >= 15 is 0 Å². The number of nitrogens with zero attached hydrogens (tertiary/aromatic N) is 2. The number of carbonyl (C=O) groups excluding carboxylic acids is 3. The van der Waals surface area contributed by atoms with Gasteiger partial charge in [-0.1, -0.05) is 24.3 Å². The van der Waals surface area contributed by atoms with Crippen LogP contribution in [0.15, 0.2) is 60.9 Å². The van der Waals surface area contributed by atoms with Crippen LogP contribution in [0.5, 0.6) is 0 Å². The van der Waals surface area contributed by atoms with Gasteiger partial charge in [0.1, 0.15) is 17.5 Å². The first-order chi connectivity index (χ1) is 16.5. The predicted molar refractivity (Wildman–Crippen MR) is 127 cm³/mol. The van der Waals surface area contributed by atoms with Crippen LogP contribution in [0, 0.1) is 17.7 Å². The highest BCUT2D eigenvalue weighted by Crippen LogP contribution is 2.60. The van der Waals surface area contributed by atoms with Crippen LogP contribution in [0.25, 0.3) is 0 Å². The van der Waals surface area contributed by atoms with Gasteiger partial charge < -0.3 is 15.4 Å². The molecule has 182 valence electrons. The fourth-order valence-electron chi connectivity index (χ4n) is 5.52. The number of para-hydroxylation sites is 1. The molecule has 3 aliphatic heterocycles. The van der Waals surface area contributed by atoms with Crippen LogP contribution in [-0.2, 0) is 19.1 Å². The van der Waals surface area contributed by atoms with Crippen molar-refractivity contribution in [2.24, 2.45) is 11.8 Å². The van der Waals surface area contributed by atoms with Gasteiger partial charge in [0, 0.05) is 11.7 Å². The summed E-state index contributed by atoms with van der Waals surface area (Å²) in [5.41, 5.74) is -2.64. The van der Waals surface area contributed by atoms with E-state index in [4.69, 9.17) is 4.74 Å². The minimum atomic E-state index is -1.37. The molecule has 0 saturated carbocycles. The van der Waals surface area contributed by atoms with E-state index in [1.54, 1.807) is 43.5 Å². The lowest BCUT2D eigenvalue weighted by Crippen LogP contribution is -2.58. The van der Waals surface area contributed by atoms with Crippen LogP contribution in [0.4, 0.5) is 15.8 Å². The Morgan fingerprint density at radius 1 is 1.11 bits per heavy atom. The summed E-state index contributed by atoms with van der Waals surface area (Å²) in [4.78, 5) is 46.6. The van der Waals surface area contributed by atoms with E-state index in [9.17, 15) is 18.8 Å². The average molecular weight is 479 g/mol. The summed E-state index contributed by atoms with van der Waals surface area (Å²) < 4.78 is 20.7. The van der Waals surface area contributed by atoms with Gasteiger partial charge in [-0.25, -0.2) is 4.39 Å². The highest BCUT2D eigenvalue weighted by molar-refractivity contribution is 6.11. The summed E-state index contributed by atoms with van der Waals surface area (Å²) >= 11 is 0. The van der Waals surface area contributed by atoms with E-state index in [1.807, 2.05) is 20.8 Å². The maximum absolute atomic E-state index is 14.3. The van der Waals surface area contributed by atoms with Crippen LogP contribution in [0.3, 0.4) is 0 Å². The Hall–Kier alpha value is -3.59. The quantitative estimate of drug-likeness (QED) is 0.659.